The molecular formula is C17H15N7O14PbS2. The zero-order valence-corrected chi connectivity index (χ0v) is 25.8. The van der Waals surface area contributed by atoms with Gasteiger partial charge in [0.05, 0.1) is 36.2 Å². The summed E-state index contributed by atoms with van der Waals surface area (Å²) in [5.41, 5.74) is 4.36. The number of hydrogen-bond acceptors (Lipinski definition) is 16. The first-order chi connectivity index (χ1) is 18.9. The molecule has 2 aromatic carbocycles. The number of methoxy groups -OCH3 is 2. The summed E-state index contributed by atoms with van der Waals surface area (Å²) in [6.07, 6.45) is 0. The van der Waals surface area contributed by atoms with Gasteiger partial charge in [0, 0.05) is 0 Å². The third-order valence-electron chi connectivity index (χ3n) is 4.74. The van der Waals surface area contributed by atoms with Crippen molar-refractivity contribution in [3.8, 4) is 11.5 Å². The van der Waals surface area contributed by atoms with Crippen LogP contribution >= 0.6 is 0 Å². The number of hydrazone groups is 1. The average Bonchev–Trinajstić information content (AvgIpc) is 3.31. The molecule has 3 rings (SSSR count). The Morgan fingerprint density at radius 3 is 1.71 bits per heavy atom. The van der Waals surface area contributed by atoms with Gasteiger partial charge in [-0.2, -0.15) is 22.0 Å². The molecule has 218 valence electrons. The molecule has 0 aromatic heterocycles. The van der Waals surface area contributed by atoms with E-state index in [0.717, 1.165) is 14.2 Å². The summed E-state index contributed by atoms with van der Waals surface area (Å²) in [5, 5.41) is 27.9. The van der Waals surface area contributed by atoms with Crippen LogP contribution in [0, 0.1) is 20.2 Å². The van der Waals surface area contributed by atoms with Crippen LogP contribution in [0.4, 0.5) is 22.7 Å². The Bertz CT molecular complexity index is 1720. The fourth-order valence-corrected chi connectivity index (χ4v) is 4.48. The number of hydrogen-bond donors (Lipinski definition) is 4. The maximum atomic E-state index is 11.9. The van der Waals surface area contributed by atoms with Crippen molar-refractivity contribution in [3.05, 3.63) is 44.5 Å². The number of carbonyl (C=O) groups excluding carboxylic acids is 2. The molecular weight excluding hydrogens is 798 g/mol. The molecule has 2 radical (unpaired) electrons. The zero-order valence-electron chi connectivity index (χ0n) is 20.2. The van der Waals surface area contributed by atoms with Crippen molar-refractivity contribution >= 4 is 83.4 Å². The van der Waals surface area contributed by atoms with Crippen molar-refractivity contribution in [2.24, 2.45) is 10.8 Å². The number of amidine groups is 1. The van der Waals surface area contributed by atoms with Gasteiger partial charge in [-0.05, 0) is 12.1 Å². The number of ether oxygens (including phenoxy) is 2. The SMILES string of the molecule is COc1cc([N+](=O)[O-])c(S(=O)(=O)O)cc1N1N=C(C(N)=O)NN1c1cc(S(=O)(=O)O)c([N+](=O)[O-])cc1OC.O=[C]=[Pb]. The normalized spacial score (nSPS) is 12.7. The number of nitrogens with zero attached hydrogens (tertiary/aromatic N) is 5. The fraction of sp³-hybridized carbons (Fsp3) is 0.118. The number of nitrogens with one attached hydrogen (secondary N) is 1. The molecule has 0 aliphatic carbocycles. The van der Waals surface area contributed by atoms with E-state index < -0.39 is 85.9 Å². The van der Waals surface area contributed by atoms with Gasteiger partial charge in [0.25, 0.3) is 17.3 Å². The van der Waals surface area contributed by atoms with Crippen molar-refractivity contribution in [1.29, 1.82) is 0 Å². The number of benzene rings is 2. The first-order valence-electron chi connectivity index (χ1n) is 9.89. The summed E-state index contributed by atoms with van der Waals surface area (Å²) < 4.78 is 78.4. The Morgan fingerprint density at radius 1 is 0.976 bits per heavy atom. The van der Waals surface area contributed by atoms with Crippen LogP contribution in [-0.2, 0) is 29.8 Å². The third kappa shape index (κ3) is 7.08. The van der Waals surface area contributed by atoms with E-state index in [1.807, 2.05) is 0 Å². The van der Waals surface area contributed by atoms with Crippen molar-refractivity contribution in [3.63, 3.8) is 0 Å². The Morgan fingerprint density at radius 2 is 1.37 bits per heavy atom. The minimum absolute atomic E-state index is 0.446. The zero-order chi connectivity index (χ0) is 31.4. The third-order valence-corrected chi connectivity index (χ3v) is 6.51. The summed E-state index contributed by atoms with van der Waals surface area (Å²) in [7, 11) is -8.43. The molecule has 1 aliphatic rings. The quantitative estimate of drug-likeness (QED) is 0.0998. The van der Waals surface area contributed by atoms with E-state index in [0.29, 0.717) is 59.8 Å². The molecule has 0 saturated heterocycles. The molecule has 0 fully saturated rings. The van der Waals surface area contributed by atoms with Gasteiger partial charge in [-0.15, -0.1) is 10.2 Å². The van der Waals surface area contributed by atoms with Gasteiger partial charge >= 0.3 is 53.7 Å². The molecule has 1 aliphatic heterocycles. The number of nitrogens with two attached hydrogens (primary N) is 1. The summed E-state index contributed by atoms with van der Waals surface area (Å²) in [6.45, 7) is 0. The predicted octanol–water partition coefficient (Wildman–Crippen LogP) is -1.22. The second-order valence-electron chi connectivity index (χ2n) is 7.08. The van der Waals surface area contributed by atoms with Crippen LogP contribution in [0.15, 0.2) is 39.2 Å². The van der Waals surface area contributed by atoms with E-state index in [1.165, 1.54) is 0 Å². The number of rotatable bonds is 9. The van der Waals surface area contributed by atoms with E-state index in [9.17, 15) is 51.0 Å². The molecule has 0 unspecified atom stereocenters. The number of nitro benzene ring substituents is 2. The van der Waals surface area contributed by atoms with Crippen LogP contribution in [0.1, 0.15) is 0 Å². The van der Waals surface area contributed by atoms with E-state index in [1.54, 1.807) is 3.42 Å². The standard InChI is InChI=1S/C16H15N7O13S2.CO.Pb/c1-35-11-3-9(22(25)26)13(37(29,30)31)5-7(11)20-18-16(15(17)24)19-21(20)8-6-14(38(32,33)34)10(23(27)28)4-12(8)36-2;1-2;/h3-6H,1-2H3,(H2,17,24)(H,18,19)(H,29,30,31)(H,32,33,34);;. The average molecular weight is 813 g/mol. The number of anilines is 2. The van der Waals surface area contributed by atoms with Gasteiger partial charge < -0.3 is 15.2 Å². The molecule has 0 bridgehead atoms. The van der Waals surface area contributed by atoms with E-state index in [-0.39, 0.29) is 0 Å². The summed E-state index contributed by atoms with van der Waals surface area (Å²) in [5.74, 6) is -2.79. The van der Waals surface area contributed by atoms with Crippen LogP contribution in [-0.4, -0.2) is 90.5 Å². The molecule has 24 heteroatoms. The van der Waals surface area contributed by atoms with Gasteiger partial charge in [-0.3, -0.25) is 39.6 Å². The molecule has 41 heavy (non-hydrogen) atoms. The Labute approximate surface area is 244 Å². The predicted molar refractivity (Wildman–Crippen MR) is 135 cm³/mol. The van der Waals surface area contributed by atoms with Crippen LogP contribution in [0.5, 0.6) is 11.5 Å². The van der Waals surface area contributed by atoms with Gasteiger partial charge in [0.15, 0.2) is 21.3 Å². The first kappa shape index (κ1) is 32.9. The molecule has 0 atom stereocenters. The number of hydrazine groups is 2. The molecule has 5 N–H and O–H groups in total. The first-order valence-corrected chi connectivity index (χ1v) is 14.7. The molecule has 0 saturated carbocycles. The number of nitro groups is 2. The van der Waals surface area contributed by atoms with E-state index >= 15 is 0 Å². The van der Waals surface area contributed by atoms with Crippen molar-refractivity contribution < 1.29 is 54.9 Å². The Balaban J connectivity index is 0.00000187. The fourth-order valence-electron chi connectivity index (χ4n) is 3.16. The van der Waals surface area contributed by atoms with Gasteiger partial charge in [-0.1, -0.05) is 0 Å². The Hall–Kier alpha value is -4.30. The van der Waals surface area contributed by atoms with Crippen LogP contribution < -0.4 is 30.9 Å². The van der Waals surface area contributed by atoms with Gasteiger partial charge in [0.2, 0.25) is 5.84 Å². The van der Waals surface area contributed by atoms with E-state index in [4.69, 9.17) is 20.0 Å². The molecule has 0 spiro atoms. The second-order valence-corrected chi connectivity index (χ2v) is 10.6. The number of carbonyl (C=O) groups is 1. The van der Waals surface area contributed by atoms with Crippen molar-refractivity contribution in [2.75, 3.05) is 24.5 Å². The van der Waals surface area contributed by atoms with Crippen LogP contribution in [0.25, 0.3) is 0 Å². The number of amides is 1. The number of primary amides is 1. The van der Waals surface area contributed by atoms with Gasteiger partial charge in [-0.25, -0.2) is 0 Å². The monoisotopic (exact) mass is 813 g/mol. The molecule has 2 aromatic rings. The van der Waals surface area contributed by atoms with Gasteiger partial charge in [0.1, 0.15) is 11.4 Å². The Kier molecular flexibility index (Phi) is 10.0. The second kappa shape index (κ2) is 12.5. The van der Waals surface area contributed by atoms with E-state index in [2.05, 4.69) is 10.5 Å². The summed E-state index contributed by atoms with van der Waals surface area (Å²) >= 11 is 0.563. The summed E-state index contributed by atoms with van der Waals surface area (Å²) in [6, 6.07) is 2.30. The molecule has 1 heterocycles. The van der Waals surface area contributed by atoms with Crippen LogP contribution in [0.3, 0.4) is 0 Å². The molecule has 1 amide bonds. The van der Waals surface area contributed by atoms with Crippen molar-refractivity contribution in [1.82, 2.24) is 5.43 Å². The summed E-state index contributed by atoms with van der Waals surface area (Å²) in [4.78, 5) is 38.7. The molecule has 21 nitrogen and oxygen atoms in total. The van der Waals surface area contributed by atoms with Crippen molar-refractivity contribution in [2.45, 2.75) is 9.79 Å². The maximum absolute atomic E-state index is 11.9. The minimum atomic E-state index is -5.24. The topological polar surface area (TPSA) is 305 Å². The van der Waals surface area contributed by atoms with Crippen LogP contribution in [0.2, 0.25) is 0 Å².